The fourth-order valence-corrected chi connectivity index (χ4v) is 1.58. The molecule has 1 fully saturated rings. The highest BCUT2D eigenvalue weighted by Crippen LogP contribution is 2.08. The van der Waals surface area contributed by atoms with Gasteiger partial charge < -0.3 is 14.4 Å². The molecule has 0 aromatic carbocycles. The zero-order valence-corrected chi connectivity index (χ0v) is 11.4. The van der Waals surface area contributed by atoms with Crippen molar-refractivity contribution in [2.24, 2.45) is 4.99 Å². The molecule has 104 valence electrons. The van der Waals surface area contributed by atoms with Gasteiger partial charge in [0.15, 0.2) is 0 Å². The summed E-state index contributed by atoms with van der Waals surface area (Å²) in [5.41, 5.74) is 0.481. The summed E-state index contributed by atoms with van der Waals surface area (Å²) in [6.07, 6.45) is 2.51. The van der Waals surface area contributed by atoms with E-state index in [0.717, 1.165) is 13.1 Å². The Labute approximate surface area is 113 Å². The highest BCUT2D eigenvalue weighted by molar-refractivity contribution is 6.43. The van der Waals surface area contributed by atoms with Gasteiger partial charge in [-0.25, -0.2) is 9.79 Å². The number of allylic oxidation sites excluding steroid dienone is 1. The van der Waals surface area contributed by atoms with Gasteiger partial charge in [0.1, 0.15) is 6.07 Å². The zero-order chi connectivity index (χ0) is 14.1. The van der Waals surface area contributed by atoms with Gasteiger partial charge in [0.2, 0.25) is 5.71 Å². The van der Waals surface area contributed by atoms with E-state index in [-0.39, 0.29) is 12.3 Å². The van der Waals surface area contributed by atoms with Gasteiger partial charge in [-0.1, -0.05) is 6.92 Å². The van der Waals surface area contributed by atoms with Crippen molar-refractivity contribution >= 4 is 11.7 Å². The van der Waals surface area contributed by atoms with E-state index in [4.69, 9.17) is 14.7 Å². The Balaban J connectivity index is 2.80. The predicted molar refractivity (Wildman–Crippen MR) is 70.4 cm³/mol. The van der Waals surface area contributed by atoms with Crippen molar-refractivity contribution in [3.8, 4) is 6.07 Å². The van der Waals surface area contributed by atoms with Crippen molar-refractivity contribution < 1.29 is 14.3 Å². The van der Waals surface area contributed by atoms with E-state index < -0.39 is 5.97 Å². The number of carbonyl (C=O) groups excluding carboxylic acids is 1. The zero-order valence-electron chi connectivity index (χ0n) is 11.4. The Morgan fingerprint density at radius 2 is 2.16 bits per heavy atom. The molecule has 1 aliphatic heterocycles. The summed E-state index contributed by atoms with van der Waals surface area (Å²) in [5.74, 6) is -0.675. The summed E-state index contributed by atoms with van der Waals surface area (Å²) in [5, 5.41) is 8.93. The molecule has 0 saturated carbocycles. The van der Waals surface area contributed by atoms with Crippen LogP contribution in [0.15, 0.2) is 16.9 Å². The van der Waals surface area contributed by atoms with E-state index in [1.807, 2.05) is 13.1 Å². The number of rotatable bonds is 5. The van der Waals surface area contributed by atoms with Gasteiger partial charge in [-0.05, 0) is 13.3 Å². The van der Waals surface area contributed by atoms with E-state index >= 15 is 0 Å². The third-order valence-electron chi connectivity index (χ3n) is 2.57. The smallest absolute Gasteiger partial charge is 0.367 e. The molecule has 0 spiro atoms. The summed E-state index contributed by atoms with van der Waals surface area (Å²) in [6, 6.07) is 1.78. The van der Waals surface area contributed by atoms with Crippen LogP contribution < -0.4 is 0 Å². The quantitative estimate of drug-likeness (QED) is 0.549. The van der Waals surface area contributed by atoms with Gasteiger partial charge in [0.25, 0.3) is 0 Å². The van der Waals surface area contributed by atoms with E-state index in [1.165, 1.54) is 0 Å². The fourth-order valence-electron chi connectivity index (χ4n) is 1.58. The molecule has 0 aromatic rings. The molecule has 6 nitrogen and oxygen atoms in total. The largest absolute Gasteiger partial charge is 0.461 e. The Bertz CT molecular complexity index is 404. The normalized spacial score (nSPS) is 17.0. The maximum absolute atomic E-state index is 11.5. The first-order chi connectivity index (χ1) is 9.21. The van der Waals surface area contributed by atoms with Crippen LogP contribution in [0.1, 0.15) is 20.3 Å². The number of hydrogen-bond donors (Lipinski definition) is 0. The van der Waals surface area contributed by atoms with Crippen molar-refractivity contribution in [1.82, 2.24) is 4.90 Å². The van der Waals surface area contributed by atoms with Gasteiger partial charge in [-0.2, -0.15) is 5.26 Å². The molecule has 1 heterocycles. The molecular weight excluding hydrogens is 246 g/mol. The lowest BCUT2D eigenvalue weighted by molar-refractivity contribution is -0.134. The number of aliphatic imine (C=N–C) groups is 1. The third kappa shape index (κ3) is 5.10. The molecule has 0 bridgehead atoms. The van der Waals surface area contributed by atoms with Crippen LogP contribution in [0.5, 0.6) is 0 Å². The summed E-state index contributed by atoms with van der Waals surface area (Å²) in [6.45, 7) is 6.79. The first kappa shape index (κ1) is 15.2. The Hall–Kier alpha value is -1.87. The first-order valence-electron chi connectivity index (χ1n) is 6.39. The monoisotopic (exact) mass is 265 g/mol. The minimum Gasteiger partial charge on any atom is -0.461 e. The number of hydrogen-bond acceptors (Lipinski definition) is 6. The Morgan fingerprint density at radius 1 is 1.47 bits per heavy atom. The summed E-state index contributed by atoms with van der Waals surface area (Å²) in [4.78, 5) is 17.6. The molecular formula is C13H19N3O3. The molecule has 0 radical (unpaired) electrons. The highest BCUT2D eigenvalue weighted by atomic mass is 16.5. The van der Waals surface area contributed by atoms with Crippen LogP contribution in [0.2, 0.25) is 0 Å². The SMILES string of the molecule is CCOC(=O)C(C#N)=NC(=CN1CCOCC1)CC. The van der Waals surface area contributed by atoms with Crippen molar-refractivity contribution in [2.75, 3.05) is 32.9 Å². The Kier molecular flexibility index (Phi) is 6.61. The second-order valence-corrected chi connectivity index (χ2v) is 3.92. The Morgan fingerprint density at radius 3 is 2.68 bits per heavy atom. The maximum atomic E-state index is 11.5. The minimum absolute atomic E-state index is 0.205. The second-order valence-electron chi connectivity index (χ2n) is 3.92. The van der Waals surface area contributed by atoms with Crippen LogP contribution >= 0.6 is 0 Å². The van der Waals surface area contributed by atoms with Crippen LogP contribution in [0.3, 0.4) is 0 Å². The molecule has 19 heavy (non-hydrogen) atoms. The molecule has 6 heteroatoms. The molecule has 1 aliphatic rings. The number of carbonyl (C=O) groups is 1. The van der Waals surface area contributed by atoms with Crippen LogP contribution in [0.4, 0.5) is 0 Å². The van der Waals surface area contributed by atoms with Gasteiger partial charge in [0, 0.05) is 19.3 Å². The highest BCUT2D eigenvalue weighted by Gasteiger charge is 2.13. The lowest BCUT2D eigenvalue weighted by atomic mass is 10.3. The standard InChI is InChI=1S/C13H19N3O3/c1-3-11(10-16-5-7-18-8-6-16)15-12(9-14)13(17)19-4-2/h10H,3-8H2,1-2H3. The summed E-state index contributed by atoms with van der Waals surface area (Å²) >= 11 is 0. The summed E-state index contributed by atoms with van der Waals surface area (Å²) in [7, 11) is 0. The molecule has 0 N–H and O–H groups in total. The van der Waals surface area contributed by atoms with Crippen LogP contribution in [0, 0.1) is 11.3 Å². The van der Waals surface area contributed by atoms with Gasteiger partial charge in [-0.15, -0.1) is 0 Å². The van der Waals surface area contributed by atoms with Crippen LogP contribution in [-0.4, -0.2) is 49.5 Å². The number of nitrogens with zero attached hydrogens (tertiary/aromatic N) is 3. The molecule has 0 aromatic heterocycles. The lowest BCUT2D eigenvalue weighted by Gasteiger charge is -2.25. The average Bonchev–Trinajstić information content (AvgIpc) is 2.44. The molecule has 1 saturated heterocycles. The summed E-state index contributed by atoms with van der Waals surface area (Å²) < 4.78 is 10.0. The van der Waals surface area contributed by atoms with Crippen molar-refractivity contribution in [3.63, 3.8) is 0 Å². The van der Waals surface area contributed by atoms with E-state index in [2.05, 4.69) is 9.89 Å². The fraction of sp³-hybridized carbons (Fsp3) is 0.615. The average molecular weight is 265 g/mol. The van der Waals surface area contributed by atoms with Gasteiger partial charge in [0.05, 0.1) is 25.5 Å². The van der Waals surface area contributed by atoms with Crippen molar-refractivity contribution in [3.05, 3.63) is 11.9 Å². The van der Waals surface area contributed by atoms with Gasteiger partial charge >= 0.3 is 5.97 Å². The molecule has 0 amide bonds. The number of ether oxygens (including phenoxy) is 2. The second kappa shape index (κ2) is 8.27. The topological polar surface area (TPSA) is 74.9 Å². The van der Waals surface area contributed by atoms with E-state index in [1.54, 1.807) is 13.0 Å². The molecule has 0 unspecified atom stereocenters. The number of esters is 1. The lowest BCUT2D eigenvalue weighted by Crippen LogP contribution is -2.32. The van der Waals surface area contributed by atoms with E-state index in [0.29, 0.717) is 25.3 Å². The van der Waals surface area contributed by atoms with Crippen molar-refractivity contribution in [2.45, 2.75) is 20.3 Å². The molecule has 0 aliphatic carbocycles. The molecule has 1 rings (SSSR count). The van der Waals surface area contributed by atoms with Crippen LogP contribution in [-0.2, 0) is 14.3 Å². The van der Waals surface area contributed by atoms with Crippen molar-refractivity contribution in [1.29, 1.82) is 5.26 Å². The maximum Gasteiger partial charge on any atom is 0.367 e. The third-order valence-corrected chi connectivity index (χ3v) is 2.57. The van der Waals surface area contributed by atoms with E-state index in [9.17, 15) is 4.79 Å². The van der Waals surface area contributed by atoms with Gasteiger partial charge in [-0.3, -0.25) is 0 Å². The predicted octanol–water partition coefficient (Wildman–Crippen LogP) is 1.10. The molecule has 0 atom stereocenters. The minimum atomic E-state index is -0.675. The number of nitriles is 1. The van der Waals surface area contributed by atoms with Crippen LogP contribution in [0.25, 0.3) is 0 Å². The first-order valence-corrected chi connectivity index (χ1v) is 6.39. The number of morpholine rings is 1.